The summed E-state index contributed by atoms with van der Waals surface area (Å²) in [5.41, 5.74) is 5.71. The number of anilines is 1. The maximum atomic E-state index is 12.9. The Balaban J connectivity index is 1.49. The lowest BCUT2D eigenvalue weighted by Gasteiger charge is -2.27. The molecule has 0 amide bonds. The highest BCUT2D eigenvalue weighted by Crippen LogP contribution is 2.54. The molecule has 5 rings (SSSR count). The molecule has 0 bridgehead atoms. The third-order valence-electron chi connectivity index (χ3n) is 5.75. The normalized spacial score (nSPS) is 30.7. The number of rotatable bonds is 3. The van der Waals surface area contributed by atoms with E-state index in [1.165, 1.54) is 24.7 Å². The Labute approximate surface area is 173 Å². The number of furan rings is 1. The van der Waals surface area contributed by atoms with Gasteiger partial charge in [-0.25, -0.2) is 9.97 Å². The van der Waals surface area contributed by atoms with Crippen molar-refractivity contribution in [2.45, 2.75) is 43.3 Å². The number of nitrogens with two attached hydrogens (primary N) is 1. The molecule has 3 N–H and O–H groups in total. The molecule has 0 saturated carbocycles. The maximum Gasteiger partial charge on any atom is 0.416 e. The Morgan fingerprint density at radius 2 is 1.90 bits per heavy atom. The second-order valence-corrected chi connectivity index (χ2v) is 7.67. The fraction of sp³-hybridized carbons (Fsp3) is 0.400. The Hall–Kier alpha value is -2.73. The zero-order valence-electron chi connectivity index (χ0n) is 16.2. The minimum Gasteiger partial charge on any atom is -0.458 e. The van der Waals surface area contributed by atoms with E-state index in [-0.39, 0.29) is 12.4 Å². The molecule has 1 aromatic carbocycles. The molecule has 0 spiro atoms. The number of nitrogen functional groups attached to an aromatic ring is 1. The zero-order valence-corrected chi connectivity index (χ0v) is 16.2. The molecule has 2 aromatic heterocycles. The van der Waals surface area contributed by atoms with E-state index in [9.17, 15) is 18.3 Å². The van der Waals surface area contributed by atoms with Crippen LogP contribution in [0.4, 0.5) is 19.0 Å². The summed E-state index contributed by atoms with van der Waals surface area (Å²) in [6, 6.07) is 4.56. The largest absolute Gasteiger partial charge is 0.458 e. The summed E-state index contributed by atoms with van der Waals surface area (Å²) in [6.45, 7) is 1.41. The first-order valence-corrected chi connectivity index (χ1v) is 9.46. The lowest BCUT2D eigenvalue weighted by atomic mass is 9.89. The summed E-state index contributed by atoms with van der Waals surface area (Å²) in [5, 5.41) is 9.83. The van der Waals surface area contributed by atoms with E-state index < -0.39 is 41.9 Å². The number of halogens is 3. The predicted molar refractivity (Wildman–Crippen MR) is 99.5 cm³/mol. The summed E-state index contributed by atoms with van der Waals surface area (Å²) in [6.07, 6.45) is -4.77. The van der Waals surface area contributed by atoms with Crippen LogP contribution < -0.4 is 5.73 Å². The minimum absolute atomic E-state index is 0.167. The van der Waals surface area contributed by atoms with Gasteiger partial charge < -0.3 is 29.5 Å². The summed E-state index contributed by atoms with van der Waals surface area (Å²) >= 11 is 0. The number of nitrogens with zero attached hydrogens (tertiary/aromatic N) is 2. The number of aromatic nitrogens is 2. The van der Waals surface area contributed by atoms with Crippen molar-refractivity contribution < 1.29 is 36.9 Å². The van der Waals surface area contributed by atoms with Crippen LogP contribution in [0.5, 0.6) is 0 Å². The van der Waals surface area contributed by atoms with Gasteiger partial charge in [-0.15, -0.1) is 0 Å². The first kappa shape index (κ1) is 20.2. The molecule has 1 unspecified atom stereocenters. The van der Waals surface area contributed by atoms with Crippen molar-refractivity contribution in [3.8, 4) is 0 Å². The second-order valence-electron chi connectivity index (χ2n) is 7.67. The number of ether oxygens (including phenoxy) is 3. The smallest absolute Gasteiger partial charge is 0.416 e. The van der Waals surface area contributed by atoms with E-state index in [1.807, 2.05) is 0 Å². The van der Waals surface area contributed by atoms with Crippen molar-refractivity contribution in [1.29, 1.82) is 0 Å². The van der Waals surface area contributed by atoms with Crippen LogP contribution in [0, 0.1) is 0 Å². The maximum absolute atomic E-state index is 12.9. The molecular formula is C20H18F3N3O5. The van der Waals surface area contributed by atoms with Crippen LogP contribution in [-0.2, 0) is 20.4 Å². The molecule has 4 heterocycles. The lowest BCUT2D eigenvalue weighted by Crippen LogP contribution is -2.40. The van der Waals surface area contributed by atoms with Crippen molar-refractivity contribution in [3.63, 3.8) is 0 Å². The van der Waals surface area contributed by atoms with E-state index in [0.29, 0.717) is 22.2 Å². The van der Waals surface area contributed by atoms with Gasteiger partial charge in [0.15, 0.2) is 17.7 Å². The first-order valence-electron chi connectivity index (χ1n) is 9.46. The fourth-order valence-electron chi connectivity index (χ4n) is 4.21. The van der Waals surface area contributed by atoms with Gasteiger partial charge in [-0.2, -0.15) is 13.2 Å². The SMILES string of the molecule is C[C@@]12OC(c3ccc(C(F)(F)F)cc3)O[C@@H]1[C@@H](CO)O[C@H]2c1coc2c(N)ncnc12. The van der Waals surface area contributed by atoms with Crippen LogP contribution in [-0.4, -0.2) is 39.5 Å². The first-order chi connectivity index (χ1) is 14.7. The van der Waals surface area contributed by atoms with Gasteiger partial charge in [0.25, 0.3) is 0 Å². The van der Waals surface area contributed by atoms with Crippen molar-refractivity contribution in [1.82, 2.24) is 9.97 Å². The molecule has 5 atom stereocenters. The van der Waals surface area contributed by atoms with Crippen molar-refractivity contribution in [2.75, 3.05) is 12.3 Å². The van der Waals surface area contributed by atoms with E-state index in [2.05, 4.69) is 9.97 Å². The molecule has 31 heavy (non-hydrogen) atoms. The highest BCUT2D eigenvalue weighted by Gasteiger charge is 2.62. The van der Waals surface area contributed by atoms with E-state index in [1.54, 1.807) is 6.92 Å². The van der Waals surface area contributed by atoms with Gasteiger partial charge in [0.1, 0.15) is 35.8 Å². The summed E-state index contributed by atoms with van der Waals surface area (Å²) in [4.78, 5) is 8.12. The molecule has 0 aliphatic carbocycles. The second kappa shape index (κ2) is 6.89. The van der Waals surface area contributed by atoms with Crippen LogP contribution >= 0.6 is 0 Å². The average molecular weight is 437 g/mol. The van der Waals surface area contributed by atoms with Crippen LogP contribution in [0.15, 0.2) is 41.3 Å². The van der Waals surface area contributed by atoms with Gasteiger partial charge in [-0.05, 0) is 19.1 Å². The van der Waals surface area contributed by atoms with Gasteiger partial charge in [0.2, 0.25) is 0 Å². The van der Waals surface area contributed by atoms with E-state index >= 15 is 0 Å². The summed E-state index contributed by atoms with van der Waals surface area (Å²) < 4.78 is 62.3. The molecular weight excluding hydrogens is 419 g/mol. The van der Waals surface area contributed by atoms with Crippen LogP contribution in [0.1, 0.15) is 36.0 Å². The van der Waals surface area contributed by atoms with Gasteiger partial charge in [0.05, 0.1) is 18.4 Å². The molecule has 11 heteroatoms. The third kappa shape index (κ3) is 3.07. The topological polar surface area (TPSA) is 113 Å². The Morgan fingerprint density at radius 1 is 1.16 bits per heavy atom. The van der Waals surface area contributed by atoms with Crippen molar-refractivity contribution in [2.24, 2.45) is 0 Å². The van der Waals surface area contributed by atoms with Crippen LogP contribution in [0.2, 0.25) is 0 Å². The number of alkyl halides is 3. The molecule has 2 saturated heterocycles. The van der Waals surface area contributed by atoms with Gasteiger partial charge in [-0.3, -0.25) is 0 Å². The predicted octanol–water partition coefficient (Wildman–Crippen LogP) is 3.13. The van der Waals surface area contributed by atoms with Crippen LogP contribution in [0.3, 0.4) is 0 Å². The molecule has 2 aliphatic heterocycles. The van der Waals surface area contributed by atoms with Crippen molar-refractivity contribution >= 4 is 16.9 Å². The molecule has 3 aromatic rings. The fourth-order valence-corrected chi connectivity index (χ4v) is 4.21. The quantitative estimate of drug-likeness (QED) is 0.643. The molecule has 2 fully saturated rings. The highest BCUT2D eigenvalue weighted by atomic mass is 19.4. The number of aliphatic hydroxyl groups is 1. The highest BCUT2D eigenvalue weighted by molar-refractivity contribution is 5.85. The minimum atomic E-state index is -4.44. The van der Waals surface area contributed by atoms with Gasteiger partial charge in [-0.1, -0.05) is 12.1 Å². The number of hydrogen-bond donors (Lipinski definition) is 2. The number of hydrogen-bond acceptors (Lipinski definition) is 8. The standard InChI is InChI=1S/C20H18F3N3O5/c1-19-15(11-7-28-14-13(11)25-8-26-17(14)24)29-12(6-27)16(19)30-18(31-19)9-2-4-10(5-3-9)20(21,22)23/h2-5,7-8,12,15-16,18,27H,6H2,1H3,(H2,24,25,26)/t12-,15+,16-,18?,19+/m1/s1. The Bertz CT molecular complexity index is 1120. The average Bonchev–Trinajstić information content (AvgIpc) is 3.38. The van der Waals surface area contributed by atoms with Gasteiger partial charge >= 0.3 is 6.18 Å². The van der Waals surface area contributed by atoms with Crippen LogP contribution in [0.25, 0.3) is 11.1 Å². The Morgan fingerprint density at radius 3 is 2.58 bits per heavy atom. The Kier molecular flexibility index (Phi) is 4.49. The summed E-state index contributed by atoms with van der Waals surface area (Å²) in [5.74, 6) is 0.167. The number of fused-ring (bicyclic) bond motifs is 2. The monoisotopic (exact) mass is 437 g/mol. The molecule has 2 aliphatic rings. The summed E-state index contributed by atoms with van der Waals surface area (Å²) in [7, 11) is 0. The van der Waals surface area contributed by atoms with E-state index in [4.69, 9.17) is 24.4 Å². The number of aliphatic hydroxyl groups excluding tert-OH is 1. The zero-order chi connectivity index (χ0) is 22.0. The molecule has 8 nitrogen and oxygen atoms in total. The van der Waals surface area contributed by atoms with Crippen molar-refractivity contribution in [3.05, 3.63) is 53.5 Å². The molecule has 164 valence electrons. The lowest BCUT2D eigenvalue weighted by molar-refractivity contribution is -0.157. The third-order valence-corrected chi connectivity index (χ3v) is 5.75. The molecule has 0 radical (unpaired) electrons. The number of benzene rings is 1. The van der Waals surface area contributed by atoms with E-state index in [0.717, 1.165) is 12.1 Å². The van der Waals surface area contributed by atoms with Gasteiger partial charge in [0, 0.05) is 11.1 Å².